The summed E-state index contributed by atoms with van der Waals surface area (Å²) in [5.74, 6) is 0.0222. The van der Waals surface area contributed by atoms with Gasteiger partial charge in [-0.15, -0.1) is 0 Å². The lowest BCUT2D eigenvalue weighted by Gasteiger charge is -2.25. The van der Waals surface area contributed by atoms with E-state index in [2.05, 4.69) is 4.99 Å². The van der Waals surface area contributed by atoms with Gasteiger partial charge in [0.25, 0.3) is 5.56 Å². The lowest BCUT2D eigenvalue weighted by Crippen LogP contribution is -2.42. The van der Waals surface area contributed by atoms with Crippen LogP contribution >= 0.6 is 11.3 Å². The van der Waals surface area contributed by atoms with Crippen molar-refractivity contribution in [3.05, 3.63) is 85.4 Å². The Morgan fingerprint density at radius 1 is 1.15 bits per heavy atom. The first-order valence-corrected chi connectivity index (χ1v) is 9.10. The third-order valence-electron chi connectivity index (χ3n) is 4.29. The molecular weight excluding hydrogens is 346 g/mol. The number of hydrogen-bond acceptors (Lipinski definition) is 5. The molecule has 0 spiro atoms. The van der Waals surface area contributed by atoms with Gasteiger partial charge in [0, 0.05) is 11.3 Å². The molecule has 0 radical (unpaired) electrons. The van der Waals surface area contributed by atoms with Gasteiger partial charge in [-0.2, -0.15) is 0 Å². The van der Waals surface area contributed by atoms with Gasteiger partial charge < -0.3 is 4.90 Å². The lowest BCUT2D eigenvalue weighted by atomic mass is 10.1. The molecule has 0 unspecified atom stereocenters. The fourth-order valence-corrected chi connectivity index (χ4v) is 3.86. The van der Waals surface area contributed by atoms with Gasteiger partial charge in [0.15, 0.2) is 10.6 Å². The summed E-state index contributed by atoms with van der Waals surface area (Å²) >= 11 is 1.41. The van der Waals surface area contributed by atoms with Crippen LogP contribution in [0.4, 0.5) is 5.69 Å². The van der Waals surface area contributed by atoms with Crippen LogP contribution in [0.15, 0.2) is 64.4 Å². The van der Waals surface area contributed by atoms with Gasteiger partial charge in [-0.25, -0.2) is 4.99 Å². The molecule has 3 aromatic rings. The van der Waals surface area contributed by atoms with Gasteiger partial charge >= 0.3 is 0 Å². The molecular formula is C20H17N3O2S. The topological polar surface area (TPSA) is 54.7 Å². The molecule has 1 aromatic heterocycles. The number of ketones is 1. The number of thiazole rings is 1. The van der Waals surface area contributed by atoms with Gasteiger partial charge in [0.1, 0.15) is 13.3 Å². The van der Waals surface area contributed by atoms with E-state index in [0.29, 0.717) is 23.4 Å². The zero-order valence-corrected chi connectivity index (χ0v) is 15.1. The Morgan fingerprint density at radius 3 is 2.73 bits per heavy atom. The quantitative estimate of drug-likeness (QED) is 0.669. The maximum atomic E-state index is 12.8. The van der Waals surface area contributed by atoms with E-state index >= 15 is 0 Å². The largest absolute Gasteiger partial charge is 0.334 e. The first-order chi connectivity index (χ1) is 12.6. The molecule has 0 saturated carbocycles. The van der Waals surface area contributed by atoms with Crippen molar-refractivity contribution < 1.29 is 4.79 Å². The molecule has 26 heavy (non-hydrogen) atoms. The van der Waals surface area contributed by atoms with E-state index in [1.807, 2.05) is 59.5 Å². The molecule has 0 atom stereocenters. The minimum Gasteiger partial charge on any atom is -0.334 e. The Balaban J connectivity index is 1.70. The van der Waals surface area contributed by atoms with Crippen LogP contribution in [-0.4, -0.2) is 17.0 Å². The average molecular weight is 363 g/mol. The smallest absolute Gasteiger partial charge is 0.271 e. The highest BCUT2D eigenvalue weighted by molar-refractivity contribution is 7.07. The second kappa shape index (κ2) is 6.72. The molecule has 130 valence electrons. The number of carbonyl (C=O) groups is 1. The second-order valence-corrected chi connectivity index (χ2v) is 7.13. The Bertz CT molecular complexity index is 1150. The molecule has 1 aliphatic heterocycles. The van der Waals surface area contributed by atoms with E-state index < -0.39 is 0 Å². The van der Waals surface area contributed by atoms with Crippen LogP contribution in [0.5, 0.6) is 0 Å². The number of rotatable bonds is 3. The number of nitrogens with zero attached hydrogens (tertiary/aromatic N) is 3. The van der Waals surface area contributed by atoms with Gasteiger partial charge in [-0.1, -0.05) is 53.8 Å². The van der Waals surface area contributed by atoms with E-state index in [0.717, 1.165) is 16.1 Å². The molecule has 0 N–H and O–H groups in total. The number of benzene rings is 2. The van der Waals surface area contributed by atoms with Crippen molar-refractivity contribution in [1.82, 2.24) is 4.57 Å². The van der Waals surface area contributed by atoms with Crippen molar-refractivity contribution in [2.24, 2.45) is 4.99 Å². The van der Waals surface area contributed by atoms with Crippen LogP contribution in [0.3, 0.4) is 0 Å². The monoisotopic (exact) mass is 363 g/mol. The lowest BCUT2D eigenvalue weighted by molar-refractivity contribution is 0.101. The second-order valence-electron chi connectivity index (χ2n) is 6.12. The SMILES string of the molecule is CC(=O)c1cccc(N2CN=c3s/c(=C\c4ccccc4)c(=O)n3C2)c1. The molecule has 0 aliphatic carbocycles. The summed E-state index contributed by atoms with van der Waals surface area (Å²) in [5.41, 5.74) is 2.50. The first-order valence-electron chi connectivity index (χ1n) is 8.29. The van der Waals surface area contributed by atoms with Gasteiger partial charge in [-0.3, -0.25) is 14.2 Å². The summed E-state index contributed by atoms with van der Waals surface area (Å²) in [4.78, 5) is 31.7. The Labute approximate surface area is 154 Å². The molecule has 1 aliphatic rings. The zero-order chi connectivity index (χ0) is 18.1. The van der Waals surface area contributed by atoms with Crippen molar-refractivity contribution in [1.29, 1.82) is 0 Å². The number of hydrogen-bond donors (Lipinski definition) is 0. The predicted octanol–water partition coefficient (Wildman–Crippen LogP) is 2.00. The van der Waals surface area contributed by atoms with E-state index in [9.17, 15) is 9.59 Å². The van der Waals surface area contributed by atoms with Crippen LogP contribution in [0, 0.1) is 0 Å². The molecule has 2 aromatic carbocycles. The third-order valence-corrected chi connectivity index (χ3v) is 5.34. The highest BCUT2D eigenvalue weighted by atomic mass is 32.1. The Kier molecular flexibility index (Phi) is 4.26. The van der Waals surface area contributed by atoms with Crippen LogP contribution in [0.2, 0.25) is 0 Å². The highest BCUT2D eigenvalue weighted by Gasteiger charge is 2.16. The summed E-state index contributed by atoms with van der Waals surface area (Å²) in [6, 6.07) is 17.2. The molecule has 4 rings (SSSR count). The van der Waals surface area contributed by atoms with Crippen molar-refractivity contribution >= 4 is 28.9 Å². The van der Waals surface area contributed by atoms with Crippen LogP contribution < -0.4 is 19.8 Å². The highest BCUT2D eigenvalue weighted by Crippen LogP contribution is 2.18. The molecule has 5 nitrogen and oxygen atoms in total. The first kappa shape index (κ1) is 16.5. The van der Waals surface area contributed by atoms with Gasteiger partial charge in [0.2, 0.25) is 0 Å². The van der Waals surface area contributed by atoms with E-state index in [1.165, 1.54) is 11.3 Å². The van der Waals surface area contributed by atoms with E-state index in [-0.39, 0.29) is 11.3 Å². The van der Waals surface area contributed by atoms with Crippen molar-refractivity contribution in [3.8, 4) is 0 Å². The normalized spacial score (nSPS) is 14.0. The number of fused-ring (bicyclic) bond motifs is 1. The molecule has 0 saturated heterocycles. The summed E-state index contributed by atoms with van der Waals surface area (Å²) in [6.07, 6.45) is 1.90. The maximum absolute atomic E-state index is 12.8. The molecule has 0 bridgehead atoms. The van der Waals surface area contributed by atoms with E-state index in [4.69, 9.17) is 0 Å². The maximum Gasteiger partial charge on any atom is 0.271 e. The minimum absolute atomic E-state index is 0.0222. The average Bonchev–Trinajstić information content (AvgIpc) is 2.98. The minimum atomic E-state index is -0.0370. The van der Waals surface area contributed by atoms with E-state index in [1.54, 1.807) is 17.6 Å². The predicted molar refractivity (Wildman–Crippen MR) is 103 cm³/mol. The third kappa shape index (κ3) is 3.11. The van der Waals surface area contributed by atoms with Crippen LogP contribution in [0.25, 0.3) is 6.08 Å². The number of Topliss-reactive ketones (excluding diaryl/α,β-unsaturated/α-hetero) is 1. The standard InChI is InChI=1S/C20H17N3O2S/c1-14(24)16-8-5-9-17(11-16)22-12-21-20-23(13-22)19(25)18(26-20)10-15-6-3-2-4-7-15/h2-11H,12-13H2,1H3/b18-10-. The molecule has 2 heterocycles. The number of carbonyl (C=O) groups excluding carboxylic acids is 1. The summed E-state index contributed by atoms with van der Waals surface area (Å²) in [6.45, 7) is 2.44. The van der Waals surface area contributed by atoms with Crippen molar-refractivity contribution in [3.63, 3.8) is 0 Å². The molecule has 6 heteroatoms. The molecule has 0 fully saturated rings. The van der Waals surface area contributed by atoms with Crippen molar-refractivity contribution in [2.45, 2.75) is 13.6 Å². The summed E-state index contributed by atoms with van der Waals surface area (Å²) in [7, 11) is 0. The number of anilines is 1. The van der Waals surface area contributed by atoms with Crippen LogP contribution in [-0.2, 0) is 6.67 Å². The fraction of sp³-hybridized carbons (Fsp3) is 0.150. The van der Waals surface area contributed by atoms with Gasteiger partial charge in [-0.05, 0) is 30.7 Å². The Morgan fingerprint density at radius 2 is 1.96 bits per heavy atom. The van der Waals surface area contributed by atoms with Crippen LogP contribution in [0.1, 0.15) is 22.8 Å². The number of aromatic nitrogens is 1. The fourth-order valence-electron chi connectivity index (χ4n) is 2.90. The van der Waals surface area contributed by atoms with Crippen molar-refractivity contribution in [2.75, 3.05) is 11.6 Å². The molecule has 0 amide bonds. The summed E-state index contributed by atoms with van der Waals surface area (Å²) < 4.78 is 2.36. The zero-order valence-electron chi connectivity index (χ0n) is 14.3. The Hall–Kier alpha value is -2.99. The van der Waals surface area contributed by atoms with Gasteiger partial charge in [0.05, 0.1) is 4.53 Å². The summed E-state index contributed by atoms with van der Waals surface area (Å²) in [5, 5.41) is 0.